The minimum Gasteiger partial charge on any atom is -0.275 e. The van der Waals surface area contributed by atoms with Crippen molar-refractivity contribution in [2.45, 2.75) is 29.5 Å². The fourth-order valence-corrected chi connectivity index (χ4v) is 5.47. The van der Waals surface area contributed by atoms with E-state index in [4.69, 9.17) is 0 Å². The van der Waals surface area contributed by atoms with Gasteiger partial charge in [-0.05, 0) is 24.3 Å². The average Bonchev–Trinajstić information content (AvgIpc) is 3.10. The maximum Gasteiger partial charge on any atom is 0.253 e. The number of hydrogen-bond donors (Lipinski definition) is 0. The highest BCUT2D eigenvalue weighted by Crippen LogP contribution is 2.36. The standard InChI is InChI=1S/C13H17N3O2S2/c1-15-10-11(9-14-15)12-5-2-3-7-16(12)20(17,18)13-6-4-8-19-13/h4,6,8-10,12H,2-3,5,7H2,1H3/t12-/m0/s1. The molecule has 0 aromatic carbocycles. The first-order valence-electron chi connectivity index (χ1n) is 6.63. The Morgan fingerprint density at radius 2 is 2.25 bits per heavy atom. The first kappa shape index (κ1) is 13.8. The van der Waals surface area contributed by atoms with E-state index in [1.165, 1.54) is 11.3 Å². The van der Waals surface area contributed by atoms with E-state index >= 15 is 0 Å². The summed E-state index contributed by atoms with van der Waals surface area (Å²) in [6.45, 7) is 0.583. The molecule has 3 heterocycles. The summed E-state index contributed by atoms with van der Waals surface area (Å²) in [6, 6.07) is 3.36. The van der Waals surface area contributed by atoms with Gasteiger partial charge in [0, 0.05) is 25.4 Å². The second-order valence-corrected chi connectivity index (χ2v) is 8.07. The lowest BCUT2D eigenvalue weighted by molar-refractivity contribution is 0.256. The highest BCUT2D eigenvalue weighted by atomic mass is 32.2. The van der Waals surface area contributed by atoms with Crippen LogP contribution in [0.25, 0.3) is 0 Å². The predicted molar refractivity (Wildman–Crippen MR) is 78.0 cm³/mol. The molecule has 1 atom stereocenters. The molecule has 2 aromatic rings. The maximum atomic E-state index is 12.7. The van der Waals surface area contributed by atoms with E-state index in [9.17, 15) is 8.42 Å². The Labute approximate surface area is 122 Å². The third kappa shape index (κ3) is 2.41. The van der Waals surface area contributed by atoms with Crippen LogP contribution in [0.2, 0.25) is 0 Å². The van der Waals surface area contributed by atoms with E-state index in [1.807, 2.05) is 13.2 Å². The third-order valence-corrected chi connectivity index (χ3v) is 6.90. The average molecular weight is 311 g/mol. The number of sulfonamides is 1. The quantitative estimate of drug-likeness (QED) is 0.874. The Bertz CT molecular complexity index is 676. The van der Waals surface area contributed by atoms with Gasteiger partial charge in [-0.1, -0.05) is 12.5 Å². The van der Waals surface area contributed by atoms with E-state index in [-0.39, 0.29) is 6.04 Å². The summed E-state index contributed by atoms with van der Waals surface area (Å²) in [7, 11) is -1.54. The van der Waals surface area contributed by atoms with Gasteiger partial charge in [0.25, 0.3) is 10.0 Å². The molecule has 1 saturated heterocycles. The first-order chi connectivity index (χ1) is 9.59. The van der Waals surface area contributed by atoms with Crippen molar-refractivity contribution in [1.29, 1.82) is 0 Å². The summed E-state index contributed by atoms with van der Waals surface area (Å²) < 4.78 is 29.3. The van der Waals surface area contributed by atoms with E-state index in [0.29, 0.717) is 10.8 Å². The molecule has 0 unspecified atom stereocenters. The van der Waals surface area contributed by atoms with Gasteiger partial charge in [0.2, 0.25) is 0 Å². The van der Waals surface area contributed by atoms with Crippen LogP contribution in [0.5, 0.6) is 0 Å². The molecule has 0 N–H and O–H groups in total. The molecule has 0 amide bonds. The summed E-state index contributed by atoms with van der Waals surface area (Å²) in [6.07, 6.45) is 6.51. The Balaban J connectivity index is 1.97. The summed E-state index contributed by atoms with van der Waals surface area (Å²) in [5, 5.41) is 5.97. The zero-order valence-electron chi connectivity index (χ0n) is 11.3. The monoisotopic (exact) mass is 311 g/mol. The van der Waals surface area contributed by atoms with Gasteiger partial charge in [-0.2, -0.15) is 9.40 Å². The zero-order valence-corrected chi connectivity index (χ0v) is 12.9. The largest absolute Gasteiger partial charge is 0.275 e. The van der Waals surface area contributed by atoms with Crippen molar-refractivity contribution in [1.82, 2.24) is 14.1 Å². The highest BCUT2D eigenvalue weighted by molar-refractivity contribution is 7.91. The molecule has 2 aromatic heterocycles. The Kier molecular flexibility index (Phi) is 3.66. The number of hydrogen-bond acceptors (Lipinski definition) is 4. The van der Waals surface area contributed by atoms with E-state index in [0.717, 1.165) is 24.8 Å². The van der Waals surface area contributed by atoms with Gasteiger partial charge in [-0.3, -0.25) is 4.68 Å². The van der Waals surface area contributed by atoms with Gasteiger partial charge < -0.3 is 0 Å². The molecule has 1 aliphatic rings. The molecule has 0 radical (unpaired) electrons. The molecule has 5 nitrogen and oxygen atoms in total. The van der Waals surface area contributed by atoms with Crippen LogP contribution in [0.1, 0.15) is 30.9 Å². The second-order valence-electron chi connectivity index (χ2n) is 5.01. The van der Waals surface area contributed by atoms with E-state index < -0.39 is 10.0 Å². The van der Waals surface area contributed by atoms with E-state index in [1.54, 1.807) is 32.7 Å². The van der Waals surface area contributed by atoms with Gasteiger partial charge in [0.1, 0.15) is 4.21 Å². The summed E-state index contributed by atoms with van der Waals surface area (Å²) in [4.78, 5) is 0. The molecule has 7 heteroatoms. The number of thiophene rings is 1. The summed E-state index contributed by atoms with van der Waals surface area (Å²) in [5.74, 6) is 0. The fraction of sp³-hybridized carbons (Fsp3) is 0.462. The molecule has 1 fully saturated rings. The second kappa shape index (κ2) is 5.31. The molecular weight excluding hydrogens is 294 g/mol. The van der Waals surface area contributed by atoms with Crippen LogP contribution in [0.4, 0.5) is 0 Å². The van der Waals surface area contributed by atoms with E-state index in [2.05, 4.69) is 5.10 Å². The molecular formula is C13H17N3O2S2. The number of nitrogens with zero attached hydrogens (tertiary/aromatic N) is 3. The molecule has 0 spiro atoms. The van der Waals surface area contributed by atoms with Gasteiger partial charge in [-0.25, -0.2) is 8.42 Å². The lowest BCUT2D eigenvalue weighted by atomic mass is 10.0. The van der Waals surface area contributed by atoms with Crippen molar-refractivity contribution in [3.63, 3.8) is 0 Å². The van der Waals surface area contributed by atoms with Gasteiger partial charge >= 0.3 is 0 Å². The Morgan fingerprint density at radius 3 is 2.90 bits per heavy atom. The van der Waals surface area contributed by atoms with Crippen molar-refractivity contribution >= 4 is 21.4 Å². The van der Waals surface area contributed by atoms with Crippen molar-refractivity contribution in [3.05, 3.63) is 35.5 Å². The fourth-order valence-electron chi connectivity index (χ4n) is 2.66. The molecule has 0 saturated carbocycles. The van der Waals surface area contributed by atoms with Crippen LogP contribution in [0.3, 0.4) is 0 Å². The van der Waals surface area contributed by atoms with Crippen LogP contribution in [0, 0.1) is 0 Å². The topological polar surface area (TPSA) is 55.2 Å². The van der Waals surface area contributed by atoms with Crippen LogP contribution < -0.4 is 0 Å². The van der Waals surface area contributed by atoms with Crippen molar-refractivity contribution in [2.75, 3.05) is 6.54 Å². The van der Waals surface area contributed by atoms with Crippen molar-refractivity contribution < 1.29 is 8.42 Å². The Morgan fingerprint density at radius 1 is 1.40 bits per heavy atom. The minimum absolute atomic E-state index is 0.0930. The van der Waals surface area contributed by atoms with Crippen molar-refractivity contribution in [3.8, 4) is 0 Å². The van der Waals surface area contributed by atoms with Crippen LogP contribution >= 0.6 is 11.3 Å². The number of piperidine rings is 1. The smallest absolute Gasteiger partial charge is 0.253 e. The minimum atomic E-state index is -3.39. The summed E-state index contributed by atoms with van der Waals surface area (Å²) in [5.41, 5.74) is 0.979. The molecule has 0 bridgehead atoms. The maximum absolute atomic E-state index is 12.7. The summed E-state index contributed by atoms with van der Waals surface area (Å²) >= 11 is 1.28. The van der Waals surface area contributed by atoms with Crippen LogP contribution in [-0.2, 0) is 17.1 Å². The lowest BCUT2D eigenvalue weighted by Crippen LogP contribution is -2.38. The highest BCUT2D eigenvalue weighted by Gasteiger charge is 2.35. The molecule has 3 rings (SSSR count). The van der Waals surface area contributed by atoms with Gasteiger partial charge in [0.15, 0.2) is 0 Å². The zero-order chi connectivity index (χ0) is 14.2. The first-order valence-corrected chi connectivity index (χ1v) is 8.95. The van der Waals surface area contributed by atoms with Crippen LogP contribution in [0.15, 0.2) is 34.1 Å². The van der Waals surface area contributed by atoms with Gasteiger partial charge in [-0.15, -0.1) is 11.3 Å². The third-order valence-electron chi connectivity index (χ3n) is 3.62. The molecule has 108 valence electrons. The SMILES string of the molecule is Cn1cc([C@@H]2CCCCN2S(=O)(=O)c2cccs2)cn1. The normalized spacial score (nSPS) is 21.1. The number of aromatic nitrogens is 2. The molecule has 1 aliphatic heterocycles. The molecule has 0 aliphatic carbocycles. The number of aryl methyl sites for hydroxylation is 1. The van der Waals surface area contributed by atoms with Gasteiger partial charge in [0.05, 0.1) is 12.2 Å². The predicted octanol–water partition coefficient (Wildman–Crippen LogP) is 2.40. The lowest BCUT2D eigenvalue weighted by Gasteiger charge is -2.33. The number of rotatable bonds is 3. The van der Waals surface area contributed by atoms with Crippen molar-refractivity contribution in [2.24, 2.45) is 7.05 Å². The molecule has 20 heavy (non-hydrogen) atoms. The van der Waals surface area contributed by atoms with Crippen LogP contribution in [-0.4, -0.2) is 29.0 Å². The Hall–Kier alpha value is -1.18.